The Balaban J connectivity index is 3.07. The van der Waals surface area contributed by atoms with Gasteiger partial charge in [0.1, 0.15) is 0 Å². The quantitative estimate of drug-likeness (QED) is 0.527. The monoisotopic (exact) mass is 358 g/mol. The highest BCUT2D eigenvalue weighted by atomic mass is 79.9. The molecule has 0 aromatic heterocycles. The largest absolute Gasteiger partial charge is 0.388 e. The molecule has 2 nitrogen and oxygen atoms in total. The summed E-state index contributed by atoms with van der Waals surface area (Å²) >= 11 is 3.44. The van der Waals surface area contributed by atoms with Crippen molar-refractivity contribution in [2.75, 3.05) is 0 Å². The summed E-state index contributed by atoms with van der Waals surface area (Å²) < 4.78 is 7.30. The van der Waals surface area contributed by atoms with Crippen LogP contribution in [0.15, 0.2) is 28.7 Å². The van der Waals surface area contributed by atoms with Crippen molar-refractivity contribution in [1.29, 1.82) is 0 Å². The average molecular weight is 359 g/mol. The van der Waals surface area contributed by atoms with E-state index in [9.17, 15) is 5.11 Å². The number of aliphatic hydroxyl groups is 1. The summed E-state index contributed by atoms with van der Waals surface area (Å²) in [6.45, 7) is 13.3. The van der Waals surface area contributed by atoms with Gasteiger partial charge in [0.2, 0.25) is 8.32 Å². The van der Waals surface area contributed by atoms with Gasteiger partial charge in [-0.2, -0.15) is 0 Å². The van der Waals surface area contributed by atoms with E-state index >= 15 is 0 Å². The van der Waals surface area contributed by atoms with E-state index in [0.29, 0.717) is 16.6 Å². The molecule has 20 heavy (non-hydrogen) atoms. The van der Waals surface area contributed by atoms with Crippen molar-refractivity contribution in [3.05, 3.63) is 34.3 Å². The van der Waals surface area contributed by atoms with Crippen molar-refractivity contribution in [1.82, 2.24) is 0 Å². The molecular formula is C16H27BrO2Si. The van der Waals surface area contributed by atoms with Crippen LogP contribution in [0.25, 0.3) is 0 Å². The molecule has 1 N–H and O–H groups in total. The minimum atomic E-state index is -2.06. The van der Waals surface area contributed by atoms with Crippen molar-refractivity contribution in [3.63, 3.8) is 0 Å². The number of aliphatic hydroxyl groups excluding tert-OH is 1. The predicted molar refractivity (Wildman–Crippen MR) is 91.2 cm³/mol. The second-order valence-corrected chi connectivity index (χ2v) is 12.7. The molecule has 0 spiro atoms. The zero-order chi connectivity index (χ0) is 15.5. The van der Waals surface area contributed by atoms with Crippen LogP contribution in [-0.4, -0.2) is 13.4 Å². The van der Waals surface area contributed by atoms with Gasteiger partial charge in [-0.3, -0.25) is 0 Å². The maximum atomic E-state index is 10.5. The van der Waals surface area contributed by atoms with Crippen molar-refractivity contribution in [3.8, 4) is 0 Å². The van der Waals surface area contributed by atoms with Gasteiger partial charge in [0.25, 0.3) is 0 Å². The van der Waals surface area contributed by atoms with Crippen LogP contribution in [0, 0.1) is 0 Å². The maximum absolute atomic E-state index is 10.5. The van der Waals surface area contributed by atoms with E-state index in [-0.39, 0.29) is 0 Å². The SMILES string of the molecule is CC(C)[Si](OC(O)c1cccc(Br)c1)(C(C)C)C(C)C. The molecule has 4 heteroatoms. The van der Waals surface area contributed by atoms with Gasteiger partial charge >= 0.3 is 0 Å². The maximum Gasteiger partial charge on any atom is 0.204 e. The van der Waals surface area contributed by atoms with Crippen LogP contribution in [0.3, 0.4) is 0 Å². The zero-order valence-electron chi connectivity index (χ0n) is 13.4. The first-order chi connectivity index (χ1) is 9.21. The Morgan fingerprint density at radius 3 is 1.90 bits per heavy atom. The van der Waals surface area contributed by atoms with Gasteiger partial charge in [0.15, 0.2) is 6.29 Å². The van der Waals surface area contributed by atoms with E-state index in [2.05, 4.69) is 57.5 Å². The van der Waals surface area contributed by atoms with Gasteiger partial charge in [-0.05, 0) is 28.8 Å². The van der Waals surface area contributed by atoms with Crippen LogP contribution in [0.1, 0.15) is 53.4 Å². The van der Waals surface area contributed by atoms with Gasteiger partial charge in [-0.25, -0.2) is 0 Å². The van der Waals surface area contributed by atoms with E-state index in [1.54, 1.807) is 0 Å². The number of hydrogen-bond acceptors (Lipinski definition) is 2. The number of halogens is 1. The zero-order valence-corrected chi connectivity index (χ0v) is 15.9. The molecule has 0 aliphatic heterocycles. The molecule has 1 unspecified atom stereocenters. The third-order valence-corrected chi connectivity index (χ3v) is 10.7. The number of rotatable bonds is 6. The first-order valence-corrected chi connectivity index (χ1v) is 10.3. The molecule has 0 amide bonds. The highest BCUT2D eigenvalue weighted by Gasteiger charge is 2.46. The van der Waals surface area contributed by atoms with Crippen molar-refractivity contribution in [2.24, 2.45) is 0 Å². The van der Waals surface area contributed by atoms with Gasteiger partial charge in [-0.15, -0.1) is 0 Å². The second kappa shape index (κ2) is 7.21. The Hall–Kier alpha value is -0.163. The summed E-state index contributed by atoms with van der Waals surface area (Å²) in [5, 5.41) is 10.5. The van der Waals surface area contributed by atoms with Gasteiger partial charge in [0, 0.05) is 10.0 Å². The van der Waals surface area contributed by atoms with E-state index in [4.69, 9.17) is 4.43 Å². The third kappa shape index (κ3) is 3.73. The molecule has 0 aliphatic rings. The van der Waals surface area contributed by atoms with E-state index in [0.717, 1.165) is 10.0 Å². The summed E-state index contributed by atoms with van der Waals surface area (Å²) in [6.07, 6.45) is -0.841. The molecule has 0 fully saturated rings. The molecule has 0 aliphatic carbocycles. The molecule has 0 saturated carbocycles. The molecule has 0 radical (unpaired) electrons. The molecule has 1 aromatic carbocycles. The molecule has 0 bridgehead atoms. The summed E-state index contributed by atoms with van der Waals surface area (Å²) in [7, 11) is -2.06. The smallest absolute Gasteiger partial charge is 0.204 e. The standard InChI is InChI=1S/C16H27BrO2Si/c1-11(2)20(12(3)4,13(5)6)19-16(18)14-8-7-9-15(17)10-14/h7-13,16,18H,1-6H3. The summed E-state index contributed by atoms with van der Waals surface area (Å²) in [6, 6.07) is 7.71. The van der Waals surface area contributed by atoms with Crippen LogP contribution in [-0.2, 0) is 4.43 Å². The molecule has 1 atom stereocenters. The minimum Gasteiger partial charge on any atom is -0.388 e. The summed E-state index contributed by atoms with van der Waals surface area (Å²) in [5.41, 5.74) is 2.20. The van der Waals surface area contributed by atoms with Gasteiger partial charge in [-0.1, -0.05) is 69.6 Å². The first-order valence-electron chi connectivity index (χ1n) is 7.33. The fraction of sp³-hybridized carbons (Fsp3) is 0.625. The van der Waals surface area contributed by atoms with Crippen LogP contribution >= 0.6 is 15.9 Å². The fourth-order valence-corrected chi connectivity index (χ4v) is 9.09. The highest BCUT2D eigenvalue weighted by Crippen LogP contribution is 2.44. The first kappa shape index (κ1) is 17.9. The van der Waals surface area contributed by atoms with E-state index in [1.807, 2.05) is 24.3 Å². The Bertz CT molecular complexity index is 410. The highest BCUT2D eigenvalue weighted by molar-refractivity contribution is 9.10. The Labute approximate surface area is 132 Å². The topological polar surface area (TPSA) is 29.5 Å². The molecule has 1 aromatic rings. The average Bonchev–Trinajstić information content (AvgIpc) is 2.34. The minimum absolute atomic E-state index is 0.462. The van der Waals surface area contributed by atoms with Crippen LogP contribution in [0.2, 0.25) is 16.6 Å². The normalized spacial score (nSPS) is 14.3. The van der Waals surface area contributed by atoms with Crippen molar-refractivity contribution < 1.29 is 9.53 Å². The predicted octanol–water partition coefficient (Wildman–Crippen LogP) is 5.63. The summed E-state index contributed by atoms with van der Waals surface area (Å²) in [5.74, 6) is 0. The lowest BCUT2D eigenvalue weighted by molar-refractivity contribution is -0.0336. The third-order valence-electron chi connectivity index (χ3n) is 4.16. The lowest BCUT2D eigenvalue weighted by atomic mass is 10.2. The van der Waals surface area contributed by atoms with Crippen LogP contribution in [0.5, 0.6) is 0 Å². The lowest BCUT2D eigenvalue weighted by Crippen LogP contribution is -2.48. The molecule has 0 saturated heterocycles. The molecule has 114 valence electrons. The number of hydrogen-bond donors (Lipinski definition) is 1. The lowest BCUT2D eigenvalue weighted by Gasteiger charge is -2.43. The van der Waals surface area contributed by atoms with Crippen LogP contribution in [0.4, 0.5) is 0 Å². The van der Waals surface area contributed by atoms with Gasteiger partial charge in [0.05, 0.1) is 0 Å². The van der Waals surface area contributed by atoms with E-state index in [1.165, 1.54) is 0 Å². The Morgan fingerprint density at radius 2 is 1.50 bits per heavy atom. The van der Waals surface area contributed by atoms with Crippen molar-refractivity contribution in [2.45, 2.75) is 64.5 Å². The van der Waals surface area contributed by atoms with Gasteiger partial charge < -0.3 is 9.53 Å². The number of benzene rings is 1. The molecular weight excluding hydrogens is 332 g/mol. The van der Waals surface area contributed by atoms with Crippen molar-refractivity contribution >= 4 is 24.2 Å². The fourth-order valence-electron chi connectivity index (χ4n) is 3.33. The Morgan fingerprint density at radius 1 is 1.00 bits per heavy atom. The molecule has 1 rings (SSSR count). The summed E-state index contributed by atoms with van der Waals surface area (Å²) in [4.78, 5) is 0. The molecule has 0 heterocycles. The Kier molecular flexibility index (Phi) is 6.45. The second-order valence-electron chi connectivity index (χ2n) is 6.34. The van der Waals surface area contributed by atoms with Crippen LogP contribution < -0.4 is 0 Å². The van der Waals surface area contributed by atoms with E-state index < -0.39 is 14.6 Å².